The van der Waals surface area contributed by atoms with E-state index in [1.807, 2.05) is 0 Å². The van der Waals surface area contributed by atoms with Gasteiger partial charge in [0.15, 0.2) is 0 Å². The van der Waals surface area contributed by atoms with Gasteiger partial charge in [0, 0.05) is 34.4 Å². The number of phenols is 1. The molecular formula is C14H11Cl2NO2. The number of hydrogen-bond donors (Lipinski definition) is 1. The topological polar surface area (TPSA) is 40.5 Å². The Morgan fingerprint density at radius 2 is 1.74 bits per heavy atom. The summed E-state index contributed by atoms with van der Waals surface area (Å²) in [6.07, 6.45) is 0. The lowest BCUT2D eigenvalue weighted by Crippen LogP contribution is -2.26. The van der Waals surface area contributed by atoms with Gasteiger partial charge in [-0.25, -0.2) is 0 Å². The minimum Gasteiger partial charge on any atom is -0.508 e. The Kier molecular flexibility index (Phi) is 3.98. The number of phenolic OH excluding ortho intramolecular Hbond substituents is 1. The Hall–Kier alpha value is -1.71. The lowest BCUT2D eigenvalue weighted by Gasteiger charge is -2.17. The molecule has 0 aliphatic carbocycles. The minimum absolute atomic E-state index is 0.0984. The van der Waals surface area contributed by atoms with Crippen molar-refractivity contribution in [1.29, 1.82) is 0 Å². The van der Waals surface area contributed by atoms with Crippen LogP contribution in [0.15, 0.2) is 42.5 Å². The van der Waals surface area contributed by atoms with E-state index in [9.17, 15) is 9.90 Å². The number of hydrogen-bond acceptors (Lipinski definition) is 2. The molecule has 0 unspecified atom stereocenters. The number of halogens is 2. The highest BCUT2D eigenvalue weighted by molar-refractivity contribution is 6.35. The largest absolute Gasteiger partial charge is 0.508 e. The molecule has 0 aromatic heterocycles. The molecule has 0 spiro atoms. The summed E-state index contributed by atoms with van der Waals surface area (Å²) < 4.78 is 0. The van der Waals surface area contributed by atoms with Crippen molar-refractivity contribution in [2.45, 2.75) is 0 Å². The molecule has 5 heteroatoms. The summed E-state index contributed by atoms with van der Waals surface area (Å²) in [6, 6.07) is 11.1. The molecule has 2 aromatic rings. The third-order valence-electron chi connectivity index (χ3n) is 2.63. The minimum atomic E-state index is -0.255. The zero-order valence-electron chi connectivity index (χ0n) is 10.1. The van der Waals surface area contributed by atoms with E-state index in [1.165, 1.54) is 17.0 Å². The second-order valence-electron chi connectivity index (χ2n) is 4.04. The summed E-state index contributed by atoms with van der Waals surface area (Å²) in [5.41, 5.74) is 0.976. The van der Waals surface area contributed by atoms with Crippen LogP contribution in [0.1, 0.15) is 10.4 Å². The van der Waals surface area contributed by atoms with Crippen LogP contribution in [0.25, 0.3) is 0 Å². The predicted octanol–water partition coefficient (Wildman–Crippen LogP) is 3.98. The zero-order valence-corrected chi connectivity index (χ0v) is 11.6. The quantitative estimate of drug-likeness (QED) is 0.910. The third-order valence-corrected chi connectivity index (χ3v) is 3.07. The summed E-state index contributed by atoms with van der Waals surface area (Å²) >= 11 is 11.7. The van der Waals surface area contributed by atoms with Gasteiger partial charge in [0.1, 0.15) is 5.75 Å². The van der Waals surface area contributed by atoms with Crippen molar-refractivity contribution < 1.29 is 9.90 Å². The lowest BCUT2D eigenvalue weighted by atomic mass is 10.2. The summed E-state index contributed by atoms with van der Waals surface area (Å²) in [6.45, 7) is 0. The third kappa shape index (κ3) is 3.19. The molecular weight excluding hydrogens is 285 g/mol. The molecule has 0 bridgehead atoms. The molecule has 1 N–H and O–H groups in total. The summed E-state index contributed by atoms with van der Waals surface area (Å²) in [5, 5.41) is 10.2. The first-order chi connectivity index (χ1) is 8.97. The maximum absolute atomic E-state index is 12.3. The molecule has 0 heterocycles. The SMILES string of the molecule is CN(C(=O)c1cc(Cl)cc(Cl)c1)c1cccc(O)c1. The van der Waals surface area contributed by atoms with E-state index in [1.54, 1.807) is 37.4 Å². The van der Waals surface area contributed by atoms with Gasteiger partial charge < -0.3 is 10.0 Å². The van der Waals surface area contributed by atoms with Crippen molar-refractivity contribution in [1.82, 2.24) is 0 Å². The van der Waals surface area contributed by atoms with Crippen LogP contribution in [0.5, 0.6) is 5.75 Å². The Labute approximate surface area is 121 Å². The highest BCUT2D eigenvalue weighted by atomic mass is 35.5. The van der Waals surface area contributed by atoms with Gasteiger partial charge in [-0.1, -0.05) is 29.3 Å². The smallest absolute Gasteiger partial charge is 0.258 e. The first-order valence-corrected chi connectivity index (χ1v) is 6.26. The monoisotopic (exact) mass is 295 g/mol. The molecule has 0 atom stereocenters. The zero-order chi connectivity index (χ0) is 14.0. The van der Waals surface area contributed by atoms with Gasteiger partial charge in [0.05, 0.1) is 0 Å². The molecule has 0 saturated heterocycles. The number of rotatable bonds is 2. The second-order valence-corrected chi connectivity index (χ2v) is 4.92. The number of nitrogens with zero attached hydrogens (tertiary/aromatic N) is 1. The van der Waals surface area contributed by atoms with E-state index in [0.29, 0.717) is 21.3 Å². The van der Waals surface area contributed by atoms with E-state index < -0.39 is 0 Å². The number of amides is 1. The van der Waals surface area contributed by atoms with Crippen LogP contribution in [-0.4, -0.2) is 18.1 Å². The number of carbonyl (C=O) groups excluding carboxylic acids is 1. The molecule has 0 fully saturated rings. The standard InChI is InChI=1S/C14H11Cl2NO2/c1-17(12-3-2-4-13(18)8-12)14(19)9-5-10(15)7-11(16)6-9/h2-8,18H,1H3. The first kappa shape index (κ1) is 13.7. The van der Waals surface area contributed by atoms with Gasteiger partial charge in [0.25, 0.3) is 5.91 Å². The first-order valence-electron chi connectivity index (χ1n) is 5.50. The van der Waals surface area contributed by atoms with E-state index in [2.05, 4.69) is 0 Å². The summed E-state index contributed by atoms with van der Waals surface area (Å²) in [4.78, 5) is 13.7. The maximum Gasteiger partial charge on any atom is 0.258 e. The molecule has 0 saturated carbocycles. The van der Waals surface area contributed by atoms with Crippen molar-refractivity contribution in [3.63, 3.8) is 0 Å². The number of aromatic hydroxyl groups is 1. The van der Waals surface area contributed by atoms with Gasteiger partial charge in [-0.05, 0) is 30.3 Å². The fraction of sp³-hybridized carbons (Fsp3) is 0.0714. The van der Waals surface area contributed by atoms with E-state index in [4.69, 9.17) is 23.2 Å². The van der Waals surface area contributed by atoms with Crippen LogP contribution in [-0.2, 0) is 0 Å². The number of benzene rings is 2. The maximum atomic E-state index is 12.3. The fourth-order valence-corrected chi connectivity index (χ4v) is 2.22. The highest BCUT2D eigenvalue weighted by Gasteiger charge is 2.15. The summed E-state index contributed by atoms with van der Waals surface area (Å²) in [5.74, 6) is -0.156. The van der Waals surface area contributed by atoms with Crippen molar-refractivity contribution >= 4 is 34.8 Å². The van der Waals surface area contributed by atoms with Crippen LogP contribution >= 0.6 is 23.2 Å². The van der Waals surface area contributed by atoms with E-state index >= 15 is 0 Å². The van der Waals surface area contributed by atoms with Gasteiger partial charge >= 0.3 is 0 Å². The van der Waals surface area contributed by atoms with Crippen molar-refractivity contribution in [3.05, 3.63) is 58.1 Å². The summed E-state index contributed by atoms with van der Waals surface area (Å²) in [7, 11) is 1.62. The van der Waals surface area contributed by atoms with Crippen LogP contribution in [0.4, 0.5) is 5.69 Å². The molecule has 3 nitrogen and oxygen atoms in total. The van der Waals surface area contributed by atoms with Crippen molar-refractivity contribution in [2.24, 2.45) is 0 Å². The van der Waals surface area contributed by atoms with Crippen LogP contribution in [0.2, 0.25) is 10.0 Å². The van der Waals surface area contributed by atoms with E-state index in [0.717, 1.165) is 0 Å². The number of carbonyl (C=O) groups is 1. The van der Waals surface area contributed by atoms with Crippen molar-refractivity contribution in [3.8, 4) is 5.75 Å². The highest BCUT2D eigenvalue weighted by Crippen LogP contribution is 2.23. The number of anilines is 1. The van der Waals surface area contributed by atoms with E-state index in [-0.39, 0.29) is 11.7 Å². The van der Waals surface area contributed by atoms with Crippen molar-refractivity contribution in [2.75, 3.05) is 11.9 Å². The average Bonchev–Trinajstić information content (AvgIpc) is 2.36. The molecule has 98 valence electrons. The predicted molar refractivity (Wildman–Crippen MR) is 77.3 cm³/mol. The Morgan fingerprint density at radius 3 is 2.32 bits per heavy atom. The van der Waals surface area contributed by atoms with Gasteiger partial charge in [-0.3, -0.25) is 4.79 Å². The van der Waals surface area contributed by atoms with Gasteiger partial charge in [-0.15, -0.1) is 0 Å². The molecule has 1 amide bonds. The van der Waals surface area contributed by atoms with Gasteiger partial charge in [-0.2, -0.15) is 0 Å². The molecule has 19 heavy (non-hydrogen) atoms. The molecule has 0 aliphatic heterocycles. The Morgan fingerprint density at radius 1 is 1.11 bits per heavy atom. The van der Waals surface area contributed by atoms with Crippen LogP contribution < -0.4 is 4.90 Å². The fourth-order valence-electron chi connectivity index (χ4n) is 1.69. The Bertz CT molecular complexity index is 608. The molecule has 2 rings (SSSR count). The lowest BCUT2D eigenvalue weighted by molar-refractivity contribution is 0.0993. The average molecular weight is 296 g/mol. The molecule has 0 aliphatic rings. The normalized spacial score (nSPS) is 10.3. The van der Waals surface area contributed by atoms with Crippen LogP contribution in [0, 0.1) is 0 Å². The second kappa shape index (κ2) is 5.51. The van der Waals surface area contributed by atoms with Crippen LogP contribution in [0.3, 0.4) is 0 Å². The Balaban J connectivity index is 2.33. The van der Waals surface area contributed by atoms with Gasteiger partial charge in [0.2, 0.25) is 0 Å². The molecule has 0 radical (unpaired) electrons. The molecule has 2 aromatic carbocycles.